The molecular formula is C44H34N2O2Si. The van der Waals surface area contributed by atoms with Crippen LogP contribution in [-0.4, -0.2) is 12.6 Å². The summed E-state index contributed by atoms with van der Waals surface area (Å²) in [6.07, 6.45) is 13.0. The summed E-state index contributed by atoms with van der Waals surface area (Å²) in [6.45, 7) is 2.42. The lowest BCUT2D eigenvalue weighted by atomic mass is 9.96. The number of fused-ring (bicyclic) bond motifs is 9. The van der Waals surface area contributed by atoms with Crippen LogP contribution in [0.4, 0.5) is 0 Å². The van der Waals surface area contributed by atoms with Gasteiger partial charge in [0.05, 0.1) is 28.1 Å². The lowest BCUT2D eigenvalue weighted by Gasteiger charge is -2.45. The smallest absolute Gasteiger partial charge is 0.183 e. The maximum atomic E-state index is 9.62. The summed E-state index contributed by atoms with van der Waals surface area (Å²) in [5.41, 5.74) is 5.53. The Kier molecular flexibility index (Phi) is 6.22. The second kappa shape index (κ2) is 10.7. The predicted octanol–water partition coefficient (Wildman–Crippen LogP) is 9.94. The fourth-order valence-corrected chi connectivity index (χ4v) is 14.6. The highest BCUT2D eigenvalue weighted by atomic mass is 28.3. The topological polar surface area (TPSA) is 51.1 Å². The van der Waals surface area contributed by atoms with Crippen LogP contribution in [0, 0.1) is 17.2 Å². The summed E-state index contributed by atoms with van der Waals surface area (Å²) in [7, 11) is -2.64. The molecule has 0 amide bonds. The fourth-order valence-electron chi connectivity index (χ4n) is 8.96. The first-order chi connectivity index (χ1) is 24.1. The summed E-state index contributed by atoms with van der Waals surface area (Å²) >= 11 is 0. The molecule has 0 radical (unpaired) electrons. The van der Waals surface area contributed by atoms with Crippen molar-refractivity contribution in [1.82, 2.24) is 4.57 Å². The quantitative estimate of drug-likeness (QED) is 0.179. The lowest BCUT2D eigenvalue weighted by molar-refractivity contribution is 0.438. The van der Waals surface area contributed by atoms with Gasteiger partial charge in [0.2, 0.25) is 0 Å². The van der Waals surface area contributed by atoms with Gasteiger partial charge in [-0.05, 0) is 108 Å². The Labute approximate surface area is 285 Å². The minimum atomic E-state index is -2.64. The van der Waals surface area contributed by atoms with Crippen LogP contribution in [0.3, 0.4) is 0 Å². The third-order valence-corrected chi connectivity index (χ3v) is 16.1. The Bertz CT molecular complexity index is 2650. The van der Waals surface area contributed by atoms with Crippen LogP contribution in [0.1, 0.15) is 44.6 Å². The van der Waals surface area contributed by atoms with Gasteiger partial charge in [0.15, 0.2) is 8.07 Å². The number of para-hydroxylation sites is 1. The van der Waals surface area contributed by atoms with E-state index in [0.717, 1.165) is 75.9 Å². The molecule has 5 aromatic carbocycles. The van der Waals surface area contributed by atoms with E-state index in [4.69, 9.17) is 9.15 Å². The summed E-state index contributed by atoms with van der Waals surface area (Å²) in [5.74, 6) is 2.72. The minimum absolute atomic E-state index is 0.625. The highest BCUT2D eigenvalue weighted by Crippen LogP contribution is 2.47. The normalized spacial score (nSPS) is 20.3. The molecule has 7 aromatic rings. The van der Waals surface area contributed by atoms with Gasteiger partial charge in [-0.3, -0.25) is 0 Å². The van der Waals surface area contributed by atoms with E-state index in [1.807, 2.05) is 18.2 Å². The van der Waals surface area contributed by atoms with Crippen molar-refractivity contribution in [2.45, 2.75) is 39.0 Å². The number of hydrogen-bond acceptors (Lipinski definition) is 3. The number of rotatable bonds is 3. The molecule has 236 valence electrons. The Morgan fingerprint density at radius 2 is 1.55 bits per heavy atom. The van der Waals surface area contributed by atoms with Crippen LogP contribution in [0.2, 0.25) is 0 Å². The molecule has 2 atom stereocenters. The summed E-state index contributed by atoms with van der Waals surface area (Å²) < 4.78 is 15.8. The highest BCUT2D eigenvalue weighted by Gasteiger charge is 2.52. The van der Waals surface area contributed by atoms with E-state index in [2.05, 4.69) is 121 Å². The molecule has 3 heterocycles. The molecule has 0 N–H and O–H groups in total. The monoisotopic (exact) mass is 650 g/mol. The fraction of sp³-hybridized carbons (Fsp3) is 0.159. The molecule has 0 spiro atoms. The van der Waals surface area contributed by atoms with Crippen molar-refractivity contribution in [2.75, 3.05) is 0 Å². The van der Waals surface area contributed by atoms with Crippen molar-refractivity contribution in [3.8, 4) is 17.5 Å². The average Bonchev–Trinajstić information content (AvgIpc) is 3.69. The number of nitriles is 1. The van der Waals surface area contributed by atoms with E-state index in [1.165, 1.54) is 32.8 Å². The average molecular weight is 651 g/mol. The SMILES string of the molecule is CC1CCC=C([Si]2(c3ccccc3)C3=CCCC=C3Oc3c2ccc2c3c3ccccc3n2-c2ccc3oc4ccc(C#N)cc4c3c2)C1. The Morgan fingerprint density at radius 3 is 2.41 bits per heavy atom. The van der Waals surface area contributed by atoms with Gasteiger partial charge < -0.3 is 13.7 Å². The van der Waals surface area contributed by atoms with Gasteiger partial charge in [-0.1, -0.05) is 78.9 Å². The van der Waals surface area contributed by atoms with Crippen LogP contribution in [0.25, 0.3) is 49.4 Å². The molecule has 4 nitrogen and oxygen atoms in total. The molecule has 2 unspecified atom stereocenters. The zero-order valence-electron chi connectivity index (χ0n) is 27.4. The number of ether oxygens (including phenoxy) is 1. The van der Waals surface area contributed by atoms with Crippen molar-refractivity contribution < 1.29 is 9.15 Å². The van der Waals surface area contributed by atoms with Crippen LogP contribution < -0.4 is 15.1 Å². The Balaban J connectivity index is 1.30. The summed E-state index contributed by atoms with van der Waals surface area (Å²) in [6, 6.07) is 39.2. The van der Waals surface area contributed by atoms with Crippen molar-refractivity contribution in [2.24, 2.45) is 5.92 Å². The van der Waals surface area contributed by atoms with Crippen LogP contribution >= 0.6 is 0 Å². The highest BCUT2D eigenvalue weighted by molar-refractivity contribution is 7.13. The zero-order chi connectivity index (χ0) is 32.7. The number of nitrogens with zero attached hydrogens (tertiary/aromatic N) is 2. The second-order valence-electron chi connectivity index (χ2n) is 13.9. The van der Waals surface area contributed by atoms with E-state index >= 15 is 0 Å². The molecule has 0 bridgehead atoms. The van der Waals surface area contributed by atoms with Gasteiger partial charge in [-0.15, -0.1) is 0 Å². The second-order valence-corrected chi connectivity index (χ2v) is 17.7. The van der Waals surface area contributed by atoms with E-state index in [-0.39, 0.29) is 0 Å². The van der Waals surface area contributed by atoms with Crippen molar-refractivity contribution in [3.05, 3.63) is 143 Å². The van der Waals surface area contributed by atoms with Crippen LogP contribution in [0.5, 0.6) is 5.75 Å². The van der Waals surface area contributed by atoms with E-state index < -0.39 is 8.07 Å². The van der Waals surface area contributed by atoms with Gasteiger partial charge in [0, 0.05) is 21.8 Å². The Hall–Kier alpha value is -5.57. The molecule has 0 saturated heterocycles. The molecule has 2 aliphatic carbocycles. The van der Waals surface area contributed by atoms with Crippen molar-refractivity contribution in [3.63, 3.8) is 0 Å². The third kappa shape index (κ3) is 4.01. The maximum Gasteiger partial charge on any atom is 0.183 e. The summed E-state index contributed by atoms with van der Waals surface area (Å²) in [5, 5.41) is 19.8. The molecule has 0 fully saturated rings. The first-order valence-corrected chi connectivity index (χ1v) is 19.4. The molecule has 5 heteroatoms. The van der Waals surface area contributed by atoms with Crippen LogP contribution in [-0.2, 0) is 0 Å². The maximum absolute atomic E-state index is 9.62. The molecular weight excluding hydrogens is 617 g/mol. The number of furan rings is 1. The molecule has 3 aliphatic rings. The molecule has 2 aromatic heterocycles. The molecule has 1 aliphatic heterocycles. The number of allylic oxidation sites excluding steroid dienone is 5. The van der Waals surface area contributed by atoms with Gasteiger partial charge in [-0.2, -0.15) is 5.26 Å². The van der Waals surface area contributed by atoms with Crippen LogP contribution in [0.15, 0.2) is 142 Å². The lowest BCUT2D eigenvalue weighted by Crippen LogP contribution is -2.65. The largest absolute Gasteiger partial charge is 0.457 e. The van der Waals surface area contributed by atoms with Crippen molar-refractivity contribution in [1.29, 1.82) is 5.26 Å². The van der Waals surface area contributed by atoms with Gasteiger partial charge in [-0.25, -0.2) is 0 Å². The van der Waals surface area contributed by atoms with E-state index in [0.29, 0.717) is 11.5 Å². The van der Waals surface area contributed by atoms with Gasteiger partial charge in [0.1, 0.15) is 22.7 Å². The predicted molar refractivity (Wildman–Crippen MR) is 201 cm³/mol. The number of hydrogen-bond donors (Lipinski definition) is 0. The first-order valence-electron chi connectivity index (χ1n) is 17.4. The molecule has 0 saturated carbocycles. The standard InChI is InChI=1S/C44H34N2O2Si/c1-28-10-9-13-32(24-28)49(31-11-3-2-4-12-31)41-17-8-7-16-40(41)48-44-42(49)23-20-37-43(44)33-14-5-6-15-36(33)46(37)30-19-22-39-35(26-30)34-25-29(27-45)18-21-38(34)47-39/h2-6,11-23,25-26,28H,7-10,24H2,1H3. The summed E-state index contributed by atoms with van der Waals surface area (Å²) in [4.78, 5) is 0. The first kappa shape index (κ1) is 28.4. The Morgan fingerprint density at radius 1 is 0.755 bits per heavy atom. The number of aromatic nitrogens is 1. The van der Waals surface area contributed by atoms with E-state index in [1.54, 1.807) is 5.20 Å². The number of benzene rings is 5. The van der Waals surface area contributed by atoms with E-state index in [9.17, 15) is 5.26 Å². The van der Waals surface area contributed by atoms with Gasteiger partial charge >= 0.3 is 0 Å². The minimum Gasteiger partial charge on any atom is -0.457 e. The molecule has 10 rings (SSSR count). The zero-order valence-corrected chi connectivity index (χ0v) is 28.4. The van der Waals surface area contributed by atoms with Gasteiger partial charge in [0.25, 0.3) is 0 Å². The third-order valence-electron chi connectivity index (χ3n) is 11.1. The molecule has 49 heavy (non-hydrogen) atoms. The van der Waals surface area contributed by atoms with Crippen molar-refractivity contribution >= 4 is 62.2 Å².